The van der Waals surface area contributed by atoms with E-state index in [1.807, 2.05) is 6.07 Å². The van der Waals surface area contributed by atoms with Crippen LogP contribution in [0.1, 0.15) is 25.7 Å². The number of alkyl halides is 1. The fourth-order valence-corrected chi connectivity index (χ4v) is 4.13. The minimum Gasteiger partial charge on any atom is -0.370 e. The average Bonchev–Trinajstić information content (AvgIpc) is 2.99. The van der Waals surface area contributed by atoms with Gasteiger partial charge in [-0.25, -0.2) is 4.39 Å². The largest absolute Gasteiger partial charge is 0.370 e. The molecule has 2 aliphatic heterocycles. The number of nitrogens with two attached hydrogens (primary N) is 1. The molecule has 0 aromatic carbocycles. The summed E-state index contributed by atoms with van der Waals surface area (Å²) in [4.78, 5) is 32.4. The number of hydrogen-bond donors (Lipinski definition) is 3. The number of anilines is 2. The fraction of sp³-hybridized carbons (Fsp3) is 0.684. The highest BCUT2D eigenvalue weighted by atomic mass is 19.1. The lowest BCUT2D eigenvalue weighted by atomic mass is 9.98. The molecule has 9 nitrogen and oxygen atoms in total. The quantitative estimate of drug-likeness (QED) is 0.608. The van der Waals surface area contributed by atoms with Crippen molar-refractivity contribution in [3.05, 3.63) is 23.4 Å². The Balaban J connectivity index is 1.80. The first-order chi connectivity index (χ1) is 14.0. The van der Waals surface area contributed by atoms with Gasteiger partial charge in [-0.3, -0.25) is 20.0 Å². The molecule has 10 heteroatoms. The third-order valence-corrected chi connectivity index (χ3v) is 5.64. The summed E-state index contributed by atoms with van der Waals surface area (Å²) in [6, 6.07) is 1.88. The molecule has 160 valence electrons. The normalized spacial score (nSPS) is 25.7. The Morgan fingerprint density at radius 3 is 2.76 bits per heavy atom. The van der Waals surface area contributed by atoms with E-state index in [4.69, 9.17) is 5.73 Å². The number of nitrogens with zero attached hydrogens (tertiary/aromatic N) is 4. The highest BCUT2D eigenvalue weighted by Gasteiger charge is 2.40. The third kappa shape index (κ3) is 5.26. The van der Waals surface area contributed by atoms with E-state index in [0.29, 0.717) is 5.69 Å². The smallest absolute Gasteiger partial charge is 0.234 e. The van der Waals surface area contributed by atoms with Gasteiger partial charge >= 0.3 is 0 Å². The molecule has 2 aliphatic rings. The topological polar surface area (TPSA) is 116 Å². The Morgan fingerprint density at radius 1 is 1.38 bits per heavy atom. The van der Waals surface area contributed by atoms with E-state index in [2.05, 4.69) is 25.7 Å². The number of amides is 1. The molecule has 1 aromatic rings. The van der Waals surface area contributed by atoms with Crippen LogP contribution in [-0.4, -0.2) is 67.5 Å². The minimum absolute atomic E-state index is 0.0935. The summed E-state index contributed by atoms with van der Waals surface area (Å²) >= 11 is 0. The fourth-order valence-electron chi connectivity index (χ4n) is 4.13. The van der Waals surface area contributed by atoms with Crippen LogP contribution < -0.4 is 21.3 Å². The first kappa shape index (κ1) is 21.5. The lowest BCUT2D eigenvalue weighted by Gasteiger charge is -2.40. The second-order valence-electron chi connectivity index (χ2n) is 7.80. The Kier molecular flexibility index (Phi) is 7.45. The zero-order valence-electron chi connectivity index (χ0n) is 16.8. The van der Waals surface area contributed by atoms with E-state index in [-0.39, 0.29) is 13.1 Å². The number of carbonyl (C=O) groups is 1. The molecule has 29 heavy (non-hydrogen) atoms. The summed E-state index contributed by atoms with van der Waals surface area (Å²) in [7, 11) is 1.69. The van der Waals surface area contributed by atoms with Gasteiger partial charge in [-0.2, -0.15) is 0 Å². The number of halogens is 1. The standard InChI is InChI=1S/C19H30FN7O2/c1-26-12-13(20)10-23-18(26)16(17(21)25-29)19(28)24-14-11-22-7-6-15(14)27-8-4-2-3-5-9-27/h6-7,11,13,16-18,23H,2-5,8-10,12,21H2,1H3,(H,24,28). The lowest BCUT2D eigenvalue weighted by Crippen LogP contribution is -2.62. The van der Waals surface area contributed by atoms with Crippen LogP contribution in [0.15, 0.2) is 23.6 Å². The number of nitrogens with one attached hydrogen (secondary N) is 2. The van der Waals surface area contributed by atoms with Gasteiger partial charge in [0.15, 0.2) is 6.17 Å². The van der Waals surface area contributed by atoms with Gasteiger partial charge < -0.3 is 16.0 Å². The SMILES string of the molecule is CN1CC(F)CNC1C(C(=O)Nc1cnccc1N1CCCCCC1)C(N)N=O. The van der Waals surface area contributed by atoms with E-state index >= 15 is 0 Å². The average molecular weight is 407 g/mol. The van der Waals surface area contributed by atoms with Gasteiger partial charge in [0, 0.05) is 32.4 Å². The molecular formula is C19H30FN7O2. The van der Waals surface area contributed by atoms with Crippen molar-refractivity contribution in [1.29, 1.82) is 0 Å². The maximum absolute atomic E-state index is 13.7. The molecule has 3 heterocycles. The molecule has 3 rings (SSSR count). The van der Waals surface area contributed by atoms with Crippen molar-refractivity contribution in [3.8, 4) is 0 Å². The van der Waals surface area contributed by atoms with Crippen molar-refractivity contribution in [2.45, 2.75) is 44.2 Å². The zero-order valence-corrected chi connectivity index (χ0v) is 16.8. The second kappa shape index (κ2) is 10.0. The molecule has 0 radical (unpaired) electrons. The monoisotopic (exact) mass is 407 g/mol. The summed E-state index contributed by atoms with van der Waals surface area (Å²) in [5, 5.41) is 8.75. The Hall–Kier alpha value is -2.17. The van der Waals surface area contributed by atoms with E-state index in [9.17, 15) is 14.1 Å². The molecule has 4 atom stereocenters. The number of pyridine rings is 1. The number of hydrogen-bond acceptors (Lipinski definition) is 8. The second-order valence-corrected chi connectivity index (χ2v) is 7.80. The molecule has 4 unspecified atom stereocenters. The van der Waals surface area contributed by atoms with Gasteiger partial charge in [0.1, 0.15) is 12.1 Å². The maximum Gasteiger partial charge on any atom is 0.234 e. The highest BCUT2D eigenvalue weighted by molar-refractivity contribution is 5.96. The molecule has 0 bridgehead atoms. The van der Waals surface area contributed by atoms with Crippen LogP contribution in [0.3, 0.4) is 0 Å². The van der Waals surface area contributed by atoms with Gasteiger partial charge in [-0.15, -0.1) is 4.91 Å². The predicted molar refractivity (Wildman–Crippen MR) is 110 cm³/mol. The summed E-state index contributed by atoms with van der Waals surface area (Å²) in [5.41, 5.74) is 7.35. The van der Waals surface area contributed by atoms with Crippen LogP contribution in [0.4, 0.5) is 15.8 Å². The number of nitroso groups, excluding NO2 is 1. The van der Waals surface area contributed by atoms with Crippen molar-refractivity contribution in [3.63, 3.8) is 0 Å². The highest BCUT2D eigenvalue weighted by Crippen LogP contribution is 2.28. The summed E-state index contributed by atoms with van der Waals surface area (Å²) in [6.07, 6.45) is 4.99. The molecule has 1 aromatic heterocycles. The van der Waals surface area contributed by atoms with Crippen molar-refractivity contribution in [1.82, 2.24) is 15.2 Å². The van der Waals surface area contributed by atoms with E-state index in [0.717, 1.165) is 31.6 Å². The van der Waals surface area contributed by atoms with Crippen molar-refractivity contribution >= 4 is 17.3 Å². The van der Waals surface area contributed by atoms with Crippen LogP contribution in [0, 0.1) is 10.8 Å². The summed E-state index contributed by atoms with van der Waals surface area (Å²) in [5.74, 6) is -1.41. The van der Waals surface area contributed by atoms with Crippen LogP contribution in [0.2, 0.25) is 0 Å². The van der Waals surface area contributed by atoms with Crippen molar-refractivity contribution < 1.29 is 9.18 Å². The molecule has 0 spiro atoms. The van der Waals surface area contributed by atoms with Crippen LogP contribution in [0.25, 0.3) is 0 Å². The number of aromatic nitrogens is 1. The molecule has 0 saturated carbocycles. The summed E-state index contributed by atoms with van der Waals surface area (Å²) in [6.45, 7) is 2.07. The van der Waals surface area contributed by atoms with E-state index < -0.39 is 30.3 Å². The van der Waals surface area contributed by atoms with Crippen molar-refractivity contribution in [2.24, 2.45) is 16.8 Å². The first-order valence-electron chi connectivity index (χ1n) is 10.2. The van der Waals surface area contributed by atoms with Crippen LogP contribution in [0.5, 0.6) is 0 Å². The van der Waals surface area contributed by atoms with Crippen LogP contribution in [-0.2, 0) is 4.79 Å². The zero-order chi connectivity index (χ0) is 20.8. The minimum atomic E-state index is -1.26. The molecule has 2 fully saturated rings. The number of carbonyl (C=O) groups excluding carboxylic acids is 1. The molecule has 2 saturated heterocycles. The summed E-state index contributed by atoms with van der Waals surface area (Å²) < 4.78 is 13.7. The third-order valence-electron chi connectivity index (χ3n) is 5.64. The Labute approximate surface area is 170 Å². The molecule has 1 amide bonds. The van der Waals surface area contributed by atoms with Gasteiger partial charge in [-0.1, -0.05) is 18.0 Å². The Bertz CT molecular complexity index is 699. The van der Waals surface area contributed by atoms with Gasteiger partial charge in [0.2, 0.25) is 5.91 Å². The predicted octanol–water partition coefficient (Wildman–Crippen LogP) is 1.27. The first-order valence-corrected chi connectivity index (χ1v) is 10.2. The maximum atomic E-state index is 13.7. The van der Waals surface area contributed by atoms with Crippen molar-refractivity contribution in [2.75, 3.05) is 43.4 Å². The van der Waals surface area contributed by atoms with Gasteiger partial charge in [0.05, 0.1) is 23.7 Å². The molecular weight excluding hydrogens is 377 g/mol. The molecule has 4 N–H and O–H groups in total. The van der Waals surface area contributed by atoms with E-state index in [1.54, 1.807) is 24.3 Å². The van der Waals surface area contributed by atoms with Gasteiger partial charge in [-0.05, 0) is 26.0 Å². The lowest BCUT2D eigenvalue weighted by molar-refractivity contribution is -0.124. The van der Waals surface area contributed by atoms with Gasteiger partial charge in [0.25, 0.3) is 0 Å². The van der Waals surface area contributed by atoms with Crippen LogP contribution >= 0.6 is 0 Å². The molecule has 0 aliphatic carbocycles. The van der Waals surface area contributed by atoms with E-state index in [1.165, 1.54) is 12.8 Å². The Morgan fingerprint density at radius 2 is 2.10 bits per heavy atom. The number of rotatable bonds is 6.